The predicted octanol–water partition coefficient (Wildman–Crippen LogP) is 3.03. The second-order valence-corrected chi connectivity index (χ2v) is 3.46. The van der Waals surface area contributed by atoms with Crippen molar-refractivity contribution in [1.82, 2.24) is 4.98 Å². The van der Waals surface area contributed by atoms with Crippen LogP contribution in [-0.2, 0) is 0 Å². The third-order valence-electron chi connectivity index (χ3n) is 2.08. The largest absolute Gasteiger partial charge is 0.478 e. The fraction of sp³-hybridized carbons (Fsp3) is 0. The Balaban J connectivity index is 2.48. The molecule has 2 N–H and O–H groups in total. The summed E-state index contributed by atoms with van der Waals surface area (Å²) in [4.78, 5) is 13.6. The molecule has 1 aromatic heterocycles. The van der Waals surface area contributed by atoms with E-state index in [9.17, 15) is 4.79 Å². The number of aromatic amines is 1. The maximum Gasteiger partial charge on any atom is 0.338 e. The molecular formula is C11H8ClNO2. The average Bonchev–Trinajstić information content (AvgIpc) is 2.62. The lowest BCUT2D eigenvalue weighted by atomic mass is 10.1. The van der Waals surface area contributed by atoms with Gasteiger partial charge in [0.25, 0.3) is 0 Å². The second-order valence-electron chi connectivity index (χ2n) is 3.08. The van der Waals surface area contributed by atoms with Gasteiger partial charge in [0, 0.05) is 5.69 Å². The highest BCUT2D eigenvalue weighted by molar-refractivity contribution is 6.32. The van der Waals surface area contributed by atoms with Crippen LogP contribution in [0.25, 0.3) is 11.3 Å². The van der Waals surface area contributed by atoms with Crippen LogP contribution in [0.1, 0.15) is 10.4 Å². The Kier molecular flexibility index (Phi) is 2.47. The second kappa shape index (κ2) is 3.79. The van der Waals surface area contributed by atoms with E-state index in [1.165, 1.54) is 6.07 Å². The number of rotatable bonds is 2. The van der Waals surface area contributed by atoms with Crippen molar-refractivity contribution in [2.24, 2.45) is 0 Å². The monoisotopic (exact) mass is 221 g/mol. The van der Waals surface area contributed by atoms with Crippen LogP contribution >= 0.6 is 11.6 Å². The molecule has 76 valence electrons. The molecule has 0 radical (unpaired) electrons. The third-order valence-corrected chi connectivity index (χ3v) is 2.38. The summed E-state index contributed by atoms with van der Waals surface area (Å²) in [7, 11) is 0. The summed E-state index contributed by atoms with van der Waals surface area (Å²) < 4.78 is 0. The molecule has 0 aliphatic carbocycles. The maximum absolute atomic E-state index is 10.8. The molecule has 3 nitrogen and oxygen atoms in total. The topological polar surface area (TPSA) is 53.1 Å². The van der Waals surface area contributed by atoms with Crippen molar-refractivity contribution in [3.63, 3.8) is 0 Å². The van der Waals surface area contributed by atoms with Gasteiger partial charge in [-0.05, 0) is 11.6 Å². The Morgan fingerprint density at radius 2 is 1.93 bits per heavy atom. The number of halogens is 1. The molecule has 0 unspecified atom stereocenters. The Morgan fingerprint density at radius 1 is 1.27 bits per heavy atom. The molecule has 1 heterocycles. The van der Waals surface area contributed by atoms with Gasteiger partial charge in [0.15, 0.2) is 0 Å². The lowest BCUT2D eigenvalue weighted by molar-refractivity contribution is 0.0697. The van der Waals surface area contributed by atoms with Crippen molar-refractivity contribution in [3.8, 4) is 11.3 Å². The molecule has 0 bridgehead atoms. The minimum atomic E-state index is -1.03. The molecule has 2 rings (SSSR count). The van der Waals surface area contributed by atoms with Gasteiger partial charge < -0.3 is 10.1 Å². The average molecular weight is 222 g/mol. The number of aromatic carboxylic acids is 1. The molecule has 0 fully saturated rings. The highest BCUT2D eigenvalue weighted by Crippen LogP contribution is 2.24. The normalized spacial score (nSPS) is 10.2. The van der Waals surface area contributed by atoms with E-state index in [0.717, 1.165) is 5.56 Å². The van der Waals surface area contributed by atoms with Crippen LogP contribution in [0.5, 0.6) is 0 Å². The summed E-state index contributed by atoms with van der Waals surface area (Å²) in [5.74, 6) is -1.03. The van der Waals surface area contributed by atoms with Crippen molar-refractivity contribution in [3.05, 3.63) is 47.1 Å². The first-order valence-corrected chi connectivity index (χ1v) is 4.73. The molecule has 0 saturated carbocycles. The van der Waals surface area contributed by atoms with Gasteiger partial charge in [-0.15, -0.1) is 0 Å². The van der Waals surface area contributed by atoms with Crippen molar-refractivity contribution < 1.29 is 9.90 Å². The van der Waals surface area contributed by atoms with Gasteiger partial charge in [-0.2, -0.15) is 0 Å². The van der Waals surface area contributed by atoms with Crippen LogP contribution in [0.2, 0.25) is 5.15 Å². The lowest BCUT2D eigenvalue weighted by Crippen LogP contribution is -1.93. The molecule has 4 heteroatoms. The zero-order chi connectivity index (χ0) is 10.8. The van der Waals surface area contributed by atoms with E-state index in [0.29, 0.717) is 5.69 Å². The standard InChI is InChI=1S/C11H8ClNO2/c12-10-8(11(14)15)6-9(13-10)7-4-2-1-3-5-7/h1-6,13H,(H,14,15). The van der Waals surface area contributed by atoms with Crippen molar-refractivity contribution in [1.29, 1.82) is 0 Å². The Morgan fingerprint density at radius 3 is 2.47 bits per heavy atom. The first-order chi connectivity index (χ1) is 7.18. The van der Waals surface area contributed by atoms with E-state index >= 15 is 0 Å². The Labute approximate surface area is 91.3 Å². The first kappa shape index (κ1) is 9.80. The summed E-state index contributed by atoms with van der Waals surface area (Å²) in [5.41, 5.74) is 1.71. The fourth-order valence-corrected chi connectivity index (χ4v) is 1.60. The van der Waals surface area contributed by atoms with Crippen molar-refractivity contribution in [2.45, 2.75) is 0 Å². The van der Waals surface area contributed by atoms with E-state index in [4.69, 9.17) is 16.7 Å². The number of nitrogens with one attached hydrogen (secondary N) is 1. The van der Waals surface area contributed by atoms with E-state index < -0.39 is 5.97 Å². The van der Waals surface area contributed by atoms with E-state index in [-0.39, 0.29) is 10.7 Å². The molecule has 0 atom stereocenters. The summed E-state index contributed by atoms with van der Waals surface area (Å²) in [6, 6.07) is 10.9. The maximum atomic E-state index is 10.8. The van der Waals surface area contributed by atoms with Crippen LogP contribution in [-0.4, -0.2) is 16.1 Å². The number of hydrogen-bond donors (Lipinski definition) is 2. The van der Waals surface area contributed by atoms with Crippen molar-refractivity contribution >= 4 is 17.6 Å². The van der Waals surface area contributed by atoms with Crippen LogP contribution in [0.4, 0.5) is 0 Å². The number of hydrogen-bond acceptors (Lipinski definition) is 1. The molecule has 15 heavy (non-hydrogen) atoms. The van der Waals surface area contributed by atoms with Gasteiger partial charge in [-0.1, -0.05) is 41.9 Å². The zero-order valence-corrected chi connectivity index (χ0v) is 8.45. The number of benzene rings is 1. The minimum absolute atomic E-state index is 0.0931. The number of carboxylic acid groups (broad SMARTS) is 1. The zero-order valence-electron chi connectivity index (χ0n) is 7.70. The van der Waals surface area contributed by atoms with Gasteiger partial charge in [-0.3, -0.25) is 0 Å². The number of carbonyl (C=O) groups is 1. The number of H-pyrrole nitrogens is 1. The van der Waals surface area contributed by atoms with Crippen molar-refractivity contribution in [2.75, 3.05) is 0 Å². The number of aromatic nitrogens is 1. The SMILES string of the molecule is O=C(O)c1cc(-c2ccccc2)[nH]c1Cl. The molecule has 0 aliphatic heterocycles. The molecule has 1 aromatic carbocycles. The fourth-order valence-electron chi connectivity index (χ4n) is 1.36. The Hall–Kier alpha value is -1.74. The van der Waals surface area contributed by atoms with E-state index in [2.05, 4.69) is 4.98 Å². The molecule has 2 aromatic rings. The van der Waals surface area contributed by atoms with E-state index in [1.807, 2.05) is 30.3 Å². The Bertz CT molecular complexity index is 491. The van der Waals surface area contributed by atoms with Gasteiger partial charge in [-0.25, -0.2) is 4.79 Å². The van der Waals surface area contributed by atoms with Crippen LogP contribution in [0.3, 0.4) is 0 Å². The molecular weight excluding hydrogens is 214 g/mol. The van der Waals surface area contributed by atoms with Gasteiger partial charge >= 0.3 is 5.97 Å². The molecule has 0 saturated heterocycles. The summed E-state index contributed by atoms with van der Waals surface area (Å²) in [5, 5.41) is 8.98. The minimum Gasteiger partial charge on any atom is -0.478 e. The van der Waals surface area contributed by atoms with Crippen LogP contribution < -0.4 is 0 Å². The third kappa shape index (κ3) is 1.87. The number of carboxylic acids is 1. The lowest BCUT2D eigenvalue weighted by Gasteiger charge is -1.94. The van der Waals surface area contributed by atoms with E-state index in [1.54, 1.807) is 0 Å². The smallest absolute Gasteiger partial charge is 0.338 e. The molecule has 0 spiro atoms. The molecule has 0 amide bonds. The quantitative estimate of drug-likeness (QED) is 0.819. The molecule has 0 aliphatic rings. The van der Waals surface area contributed by atoms with Crippen LogP contribution in [0, 0.1) is 0 Å². The first-order valence-electron chi connectivity index (χ1n) is 4.35. The van der Waals surface area contributed by atoms with Gasteiger partial charge in [0.2, 0.25) is 0 Å². The summed E-state index contributed by atoms with van der Waals surface area (Å²) in [6.45, 7) is 0. The predicted molar refractivity (Wildman–Crippen MR) is 58.2 cm³/mol. The van der Waals surface area contributed by atoms with Gasteiger partial charge in [0.1, 0.15) is 5.15 Å². The highest BCUT2D eigenvalue weighted by atomic mass is 35.5. The van der Waals surface area contributed by atoms with Gasteiger partial charge in [0.05, 0.1) is 5.56 Å². The summed E-state index contributed by atoms with van der Waals surface area (Å²) in [6.07, 6.45) is 0. The van der Waals surface area contributed by atoms with Crippen LogP contribution in [0.15, 0.2) is 36.4 Å². The summed E-state index contributed by atoms with van der Waals surface area (Å²) >= 11 is 5.75. The highest BCUT2D eigenvalue weighted by Gasteiger charge is 2.13.